The lowest BCUT2D eigenvalue weighted by Gasteiger charge is -2.22. The predicted octanol–water partition coefficient (Wildman–Crippen LogP) is 2.65. The molecule has 2 fully saturated rings. The number of anilines is 1. The number of carbonyl (C=O) groups is 1. The third-order valence-corrected chi connectivity index (χ3v) is 4.77. The number of guanidine groups is 1. The van der Waals surface area contributed by atoms with E-state index in [1.165, 1.54) is 13.3 Å². The second-order valence-electron chi connectivity index (χ2n) is 6.77. The number of nitrogens with one attached hydrogen (secondary N) is 3. The van der Waals surface area contributed by atoms with E-state index in [0.29, 0.717) is 36.2 Å². The van der Waals surface area contributed by atoms with Crippen molar-refractivity contribution >= 4 is 41.5 Å². The smallest absolute Gasteiger partial charge is 0.221 e. The number of hydrogen-bond donors (Lipinski definition) is 3. The first-order valence-corrected chi connectivity index (χ1v) is 9.23. The molecule has 7 nitrogen and oxygen atoms in total. The van der Waals surface area contributed by atoms with Gasteiger partial charge in [0, 0.05) is 13.5 Å². The summed E-state index contributed by atoms with van der Waals surface area (Å²) in [5.41, 5.74) is 1.66. The normalized spacial score (nSPS) is 23.5. The van der Waals surface area contributed by atoms with Gasteiger partial charge in [-0.05, 0) is 43.9 Å². The van der Waals surface area contributed by atoms with Crippen molar-refractivity contribution in [1.29, 1.82) is 0 Å². The highest BCUT2D eigenvalue weighted by Gasteiger charge is 2.41. The molecule has 3 rings (SSSR count). The van der Waals surface area contributed by atoms with Gasteiger partial charge in [-0.25, -0.2) is 4.99 Å². The Bertz CT molecular complexity index is 683. The zero-order valence-corrected chi connectivity index (χ0v) is 18.4. The summed E-state index contributed by atoms with van der Waals surface area (Å²) in [6.45, 7) is 4.84. The van der Waals surface area contributed by atoms with Crippen molar-refractivity contribution in [1.82, 2.24) is 10.6 Å². The third-order valence-electron chi connectivity index (χ3n) is 4.77. The molecule has 2 heterocycles. The maximum absolute atomic E-state index is 11.4. The van der Waals surface area contributed by atoms with Gasteiger partial charge in [-0.2, -0.15) is 0 Å². The number of amides is 1. The summed E-state index contributed by atoms with van der Waals surface area (Å²) in [5, 5.41) is 9.60. The Kier molecular flexibility index (Phi) is 8.15. The molecule has 3 N–H and O–H groups in total. The number of benzene rings is 1. The van der Waals surface area contributed by atoms with Crippen molar-refractivity contribution in [3.63, 3.8) is 0 Å². The Morgan fingerprint density at radius 2 is 2.19 bits per heavy atom. The third kappa shape index (κ3) is 5.71. The van der Waals surface area contributed by atoms with Gasteiger partial charge in [0.1, 0.15) is 5.75 Å². The summed E-state index contributed by atoms with van der Waals surface area (Å²) in [6, 6.07) is 6.03. The number of halogens is 1. The van der Waals surface area contributed by atoms with E-state index in [4.69, 9.17) is 14.5 Å². The molecule has 0 aliphatic carbocycles. The lowest BCUT2D eigenvalue weighted by molar-refractivity contribution is -0.114. The number of aliphatic imine (C=N–C) groups is 1. The monoisotopic (exact) mass is 488 g/mol. The molecular formula is C19H29IN4O3. The Hall–Kier alpha value is -1.55. The van der Waals surface area contributed by atoms with E-state index in [-0.39, 0.29) is 29.9 Å². The molecule has 2 bridgehead atoms. The Balaban J connectivity index is 0.00000261. The zero-order valence-electron chi connectivity index (χ0n) is 16.1. The van der Waals surface area contributed by atoms with E-state index in [1.807, 2.05) is 18.2 Å². The van der Waals surface area contributed by atoms with Crippen molar-refractivity contribution in [2.75, 3.05) is 19.0 Å². The average Bonchev–Trinajstić information content (AvgIpc) is 3.22. The van der Waals surface area contributed by atoms with Crippen LogP contribution in [0.2, 0.25) is 0 Å². The standard InChI is InChI=1S/C19H28N4O3.HI/c1-4-20-19(23-16-10-14-6-8-18(16)26-14)21-11-13-5-7-17(25-3)15(9-13)22-12(2)24;/h5,7,9,14,16,18H,4,6,8,10-11H2,1-3H3,(H,22,24)(H2,20,21,23);1H. The largest absolute Gasteiger partial charge is 0.495 e. The van der Waals surface area contributed by atoms with Crippen LogP contribution in [0.25, 0.3) is 0 Å². The first kappa shape index (κ1) is 21.7. The van der Waals surface area contributed by atoms with Crippen molar-refractivity contribution in [2.45, 2.75) is 57.9 Å². The molecule has 0 radical (unpaired) electrons. The fourth-order valence-electron chi connectivity index (χ4n) is 3.60. The van der Waals surface area contributed by atoms with Crippen molar-refractivity contribution in [3.8, 4) is 5.75 Å². The molecule has 1 aromatic carbocycles. The number of rotatable bonds is 6. The lowest BCUT2D eigenvalue weighted by Crippen LogP contribution is -2.47. The highest BCUT2D eigenvalue weighted by atomic mass is 127. The molecule has 2 aliphatic rings. The number of methoxy groups -OCH3 is 1. The van der Waals surface area contributed by atoms with Crippen LogP contribution in [-0.2, 0) is 16.1 Å². The van der Waals surface area contributed by atoms with Gasteiger partial charge in [0.25, 0.3) is 0 Å². The predicted molar refractivity (Wildman–Crippen MR) is 117 cm³/mol. The minimum atomic E-state index is -0.129. The van der Waals surface area contributed by atoms with Crippen LogP contribution in [0.3, 0.4) is 0 Å². The van der Waals surface area contributed by atoms with Gasteiger partial charge in [-0.15, -0.1) is 24.0 Å². The van der Waals surface area contributed by atoms with Gasteiger partial charge in [0.05, 0.1) is 37.6 Å². The zero-order chi connectivity index (χ0) is 18.5. The van der Waals surface area contributed by atoms with Crippen LogP contribution in [0.4, 0.5) is 5.69 Å². The van der Waals surface area contributed by atoms with Gasteiger partial charge in [-0.3, -0.25) is 4.79 Å². The van der Waals surface area contributed by atoms with Gasteiger partial charge < -0.3 is 25.4 Å². The van der Waals surface area contributed by atoms with Crippen LogP contribution in [-0.4, -0.2) is 43.8 Å². The second-order valence-corrected chi connectivity index (χ2v) is 6.77. The molecule has 3 unspecified atom stereocenters. The molecule has 2 aliphatic heterocycles. The lowest BCUT2D eigenvalue weighted by atomic mass is 9.96. The van der Waals surface area contributed by atoms with Gasteiger partial charge in [0.2, 0.25) is 5.91 Å². The summed E-state index contributed by atoms with van der Waals surface area (Å²) in [5.74, 6) is 1.30. The quantitative estimate of drug-likeness (QED) is 0.326. The molecule has 8 heteroatoms. The Morgan fingerprint density at radius 3 is 2.78 bits per heavy atom. The average molecular weight is 488 g/mol. The summed E-state index contributed by atoms with van der Waals surface area (Å²) in [4.78, 5) is 16.1. The summed E-state index contributed by atoms with van der Waals surface area (Å²) < 4.78 is 11.2. The number of fused-ring (bicyclic) bond motifs is 2. The van der Waals surface area contributed by atoms with Gasteiger partial charge in [0.15, 0.2) is 5.96 Å². The van der Waals surface area contributed by atoms with E-state index in [2.05, 4.69) is 22.9 Å². The molecule has 150 valence electrons. The molecule has 0 aromatic heterocycles. The van der Waals surface area contributed by atoms with E-state index in [0.717, 1.165) is 30.9 Å². The van der Waals surface area contributed by atoms with Crippen LogP contribution in [0.5, 0.6) is 5.75 Å². The maximum atomic E-state index is 11.4. The maximum Gasteiger partial charge on any atom is 0.221 e. The van der Waals surface area contributed by atoms with Crippen LogP contribution >= 0.6 is 24.0 Å². The SMILES string of the molecule is CCNC(=NCc1ccc(OC)c(NC(C)=O)c1)NC1CC2CCC1O2.I. The van der Waals surface area contributed by atoms with Gasteiger partial charge >= 0.3 is 0 Å². The van der Waals surface area contributed by atoms with Crippen LogP contribution < -0.4 is 20.7 Å². The van der Waals surface area contributed by atoms with Crippen LogP contribution in [0.15, 0.2) is 23.2 Å². The summed E-state index contributed by atoms with van der Waals surface area (Å²) >= 11 is 0. The second kappa shape index (κ2) is 10.1. The fourth-order valence-corrected chi connectivity index (χ4v) is 3.60. The molecule has 3 atom stereocenters. The van der Waals surface area contributed by atoms with Crippen LogP contribution in [0, 0.1) is 0 Å². The van der Waals surface area contributed by atoms with E-state index in [1.54, 1.807) is 7.11 Å². The van der Waals surface area contributed by atoms with E-state index in [9.17, 15) is 4.79 Å². The number of carbonyl (C=O) groups excluding carboxylic acids is 1. The highest BCUT2D eigenvalue weighted by molar-refractivity contribution is 14.0. The highest BCUT2D eigenvalue weighted by Crippen LogP contribution is 2.34. The topological polar surface area (TPSA) is 84.0 Å². The van der Waals surface area contributed by atoms with Crippen molar-refractivity contribution < 1.29 is 14.3 Å². The fraction of sp³-hybridized carbons (Fsp3) is 0.579. The van der Waals surface area contributed by atoms with E-state index >= 15 is 0 Å². The number of nitrogens with zero attached hydrogens (tertiary/aromatic N) is 1. The Labute approximate surface area is 177 Å². The molecule has 0 spiro atoms. The summed E-state index contributed by atoms with van der Waals surface area (Å²) in [7, 11) is 1.59. The minimum Gasteiger partial charge on any atom is -0.495 e. The summed E-state index contributed by atoms with van der Waals surface area (Å²) in [6.07, 6.45) is 4.05. The number of ether oxygens (including phenoxy) is 2. The van der Waals surface area contributed by atoms with E-state index < -0.39 is 0 Å². The molecule has 1 amide bonds. The van der Waals surface area contributed by atoms with Crippen molar-refractivity contribution in [2.24, 2.45) is 4.99 Å². The van der Waals surface area contributed by atoms with Gasteiger partial charge in [-0.1, -0.05) is 6.07 Å². The molecule has 2 saturated heterocycles. The Morgan fingerprint density at radius 1 is 1.37 bits per heavy atom. The first-order chi connectivity index (χ1) is 12.6. The molecule has 0 saturated carbocycles. The molecule has 1 aromatic rings. The van der Waals surface area contributed by atoms with Crippen molar-refractivity contribution in [3.05, 3.63) is 23.8 Å². The molecular weight excluding hydrogens is 459 g/mol. The number of hydrogen-bond acceptors (Lipinski definition) is 4. The molecule has 27 heavy (non-hydrogen) atoms. The first-order valence-electron chi connectivity index (χ1n) is 9.23. The minimum absolute atomic E-state index is 0. The van der Waals surface area contributed by atoms with Crippen LogP contribution in [0.1, 0.15) is 38.7 Å².